The highest BCUT2D eigenvalue weighted by Gasteiger charge is 2.58. The molecule has 1 aromatic carbocycles. The number of benzene rings is 1. The van der Waals surface area contributed by atoms with Crippen molar-refractivity contribution in [1.29, 1.82) is 0 Å². The highest BCUT2D eigenvalue weighted by Crippen LogP contribution is 2.43. The van der Waals surface area contributed by atoms with Crippen molar-refractivity contribution in [3.63, 3.8) is 0 Å². The zero-order valence-electron chi connectivity index (χ0n) is 16.9. The normalized spacial score (nSPS) is 20.9. The number of rotatable bonds is 7. The van der Waals surface area contributed by atoms with Crippen LogP contribution in [0.4, 0.5) is 5.88 Å². The number of esters is 1. The lowest BCUT2D eigenvalue weighted by Crippen LogP contribution is -2.77. The molecule has 1 N–H and O–H groups in total. The maximum absolute atomic E-state index is 12.4. The molecule has 29 heavy (non-hydrogen) atoms. The molecule has 2 aliphatic heterocycles. The van der Waals surface area contributed by atoms with Crippen LogP contribution < -0.4 is 15.6 Å². The minimum atomic E-state index is -0.282. The van der Waals surface area contributed by atoms with Crippen molar-refractivity contribution < 1.29 is 13.9 Å². The fourth-order valence-electron chi connectivity index (χ4n) is 4.13. The first-order valence-electron chi connectivity index (χ1n) is 10.3. The number of nitrogens with zero attached hydrogens (tertiary/aromatic N) is 1. The number of nitrogens with one attached hydrogen (secondary N) is 1. The molecule has 2 fully saturated rings. The lowest BCUT2D eigenvalue weighted by molar-refractivity contribution is -0.180. The van der Waals surface area contributed by atoms with Gasteiger partial charge in [-0.05, 0) is 18.6 Å². The average molecular weight is 419 g/mol. The molecule has 2 aliphatic rings. The molecule has 4 rings (SSSR count). The topological polar surface area (TPSA) is 71.8 Å². The summed E-state index contributed by atoms with van der Waals surface area (Å²) in [5, 5.41) is 4.13. The minimum absolute atomic E-state index is 0.0853. The Hall–Kier alpha value is -2.05. The van der Waals surface area contributed by atoms with Crippen molar-refractivity contribution in [2.45, 2.75) is 45.8 Å². The highest BCUT2D eigenvalue weighted by atomic mass is 35.5. The number of hydrogen-bond acceptors (Lipinski definition) is 6. The fourth-order valence-corrected chi connectivity index (χ4v) is 4.34. The zero-order valence-corrected chi connectivity index (χ0v) is 17.6. The van der Waals surface area contributed by atoms with Gasteiger partial charge >= 0.3 is 5.97 Å². The van der Waals surface area contributed by atoms with E-state index >= 15 is 0 Å². The van der Waals surface area contributed by atoms with Gasteiger partial charge < -0.3 is 14.1 Å². The van der Waals surface area contributed by atoms with Gasteiger partial charge in [-0.2, -0.15) is 0 Å². The van der Waals surface area contributed by atoms with Gasteiger partial charge in [-0.25, -0.2) is 0 Å². The van der Waals surface area contributed by atoms with E-state index in [4.69, 9.17) is 20.8 Å². The first-order valence-corrected chi connectivity index (χ1v) is 10.7. The molecule has 7 heteroatoms. The number of carbonyl (C=O) groups excluding carboxylic acids is 1. The number of fused-ring (bicyclic) bond motifs is 1. The Bertz CT molecular complexity index is 967. The second-order valence-corrected chi connectivity index (χ2v) is 8.79. The molecule has 0 amide bonds. The minimum Gasteiger partial charge on any atom is -0.446 e. The van der Waals surface area contributed by atoms with Gasteiger partial charge in [-0.15, -0.1) is 0 Å². The molecule has 2 atom stereocenters. The number of hydrogen-bond donors (Lipinski definition) is 1. The van der Waals surface area contributed by atoms with Gasteiger partial charge in [0.1, 0.15) is 0 Å². The predicted molar refractivity (Wildman–Crippen MR) is 113 cm³/mol. The van der Waals surface area contributed by atoms with Gasteiger partial charge in [0.05, 0.1) is 21.7 Å². The molecule has 6 nitrogen and oxygen atoms in total. The predicted octanol–water partition coefficient (Wildman–Crippen LogP) is 3.94. The molecular weight excluding hydrogens is 392 g/mol. The maximum Gasteiger partial charge on any atom is 0.310 e. The van der Waals surface area contributed by atoms with Crippen molar-refractivity contribution in [1.82, 2.24) is 5.32 Å². The Morgan fingerprint density at radius 1 is 1.41 bits per heavy atom. The van der Waals surface area contributed by atoms with Crippen LogP contribution in [-0.4, -0.2) is 31.8 Å². The summed E-state index contributed by atoms with van der Waals surface area (Å²) in [6.45, 7) is 6.20. The van der Waals surface area contributed by atoms with E-state index in [-0.39, 0.29) is 29.0 Å². The van der Waals surface area contributed by atoms with E-state index in [0.29, 0.717) is 35.0 Å². The first-order chi connectivity index (χ1) is 13.9. The quantitative estimate of drug-likeness (QED) is 0.542. The largest absolute Gasteiger partial charge is 0.446 e. The summed E-state index contributed by atoms with van der Waals surface area (Å²) in [6.07, 6.45) is 3.91. The molecule has 0 aliphatic carbocycles. The number of anilines is 1. The van der Waals surface area contributed by atoms with Crippen molar-refractivity contribution in [3.05, 3.63) is 39.5 Å². The molecular formula is C22H27ClN2O4. The number of ether oxygens (including phenoxy) is 1. The lowest BCUT2D eigenvalue weighted by atomic mass is 9.72. The van der Waals surface area contributed by atoms with Crippen LogP contribution >= 0.6 is 11.6 Å². The van der Waals surface area contributed by atoms with Crippen LogP contribution in [0.3, 0.4) is 0 Å². The molecule has 2 unspecified atom stereocenters. The van der Waals surface area contributed by atoms with Crippen LogP contribution in [0.15, 0.2) is 33.5 Å². The van der Waals surface area contributed by atoms with Crippen molar-refractivity contribution in [2.75, 3.05) is 24.5 Å². The van der Waals surface area contributed by atoms with Crippen LogP contribution in [0.5, 0.6) is 0 Å². The molecule has 1 aromatic heterocycles. The third-order valence-electron chi connectivity index (χ3n) is 6.09. The smallest absolute Gasteiger partial charge is 0.310 e. The summed E-state index contributed by atoms with van der Waals surface area (Å²) in [6, 6.07) is 6.67. The molecule has 3 heterocycles. The van der Waals surface area contributed by atoms with Gasteiger partial charge in [-0.1, -0.05) is 50.8 Å². The van der Waals surface area contributed by atoms with Crippen LogP contribution in [0.2, 0.25) is 5.02 Å². The number of halogens is 1. The van der Waals surface area contributed by atoms with Crippen LogP contribution in [0.25, 0.3) is 11.0 Å². The number of para-hydroxylation sites is 1. The molecule has 156 valence electrons. The van der Waals surface area contributed by atoms with E-state index in [0.717, 1.165) is 32.2 Å². The lowest BCUT2D eigenvalue weighted by Gasteiger charge is -2.59. The zero-order chi connectivity index (χ0) is 20.6. The van der Waals surface area contributed by atoms with Crippen LogP contribution in [0.1, 0.15) is 39.5 Å². The Balaban J connectivity index is 1.39. The molecule has 0 bridgehead atoms. The summed E-state index contributed by atoms with van der Waals surface area (Å²) in [4.78, 5) is 26.8. The van der Waals surface area contributed by atoms with E-state index in [1.54, 1.807) is 18.2 Å². The van der Waals surface area contributed by atoms with Crippen LogP contribution in [0, 0.1) is 11.3 Å². The summed E-state index contributed by atoms with van der Waals surface area (Å²) in [5.41, 5.74) is 0.181. The van der Waals surface area contributed by atoms with Crippen molar-refractivity contribution in [3.8, 4) is 0 Å². The number of unbranched alkanes of at least 4 members (excludes halogenated alkanes) is 2. The van der Waals surface area contributed by atoms with E-state index in [1.807, 2.05) is 11.8 Å². The van der Waals surface area contributed by atoms with Gasteiger partial charge in [0, 0.05) is 25.7 Å². The fraction of sp³-hybridized carbons (Fsp3) is 0.545. The first kappa shape index (κ1) is 20.2. The summed E-state index contributed by atoms with van der Waals surface area (Å²) in [5.74, 6) is 0.282. The second kappa shape index (κ2) is 8.00. The van der Waals surface area contributed by atoms with E-state index in [9.17, 15) is 9.59 Å². The summed E-state index contributed by atoms with van der Waals surface area (Å²) >= 11 is 6.20. The monoisotopic (exact) mass is 418 g/mol. The third kappa shape index (κ3) is 3.76. The van der Waals surface area contributed by atoms with E-state index in [2.05, 4.69) is 12.2 Å². The van der Waals surface area contributed by atoms with E-state index < -0.39 is 0 Å². The second-order valence-electron chi connectivity index (χ2n) is 8.38. The van der Waals surface area contributed by atoms with Gasteiger partial charge in [0.15, 0.2) is 23.1 Å². The molecule has 2 saturated heterocycles. The molecule has 0 radical (unpaired) electrons. The highest BCUT2D eigenvalue weighted by molar-refractivity contribution is 6.34. The average Bonchev–Trinajstić information content (AvgIpc) is 2.65. The molecule has 0 saturated carbocycles. The third-order valence-corrected chi connectivity index (χ3v) is 6.39. The van der Waals surface area contributed by atoms with Crippen molar-refractivity contribution >= 4 is 34.4 Å². The molecule has 1 spiro atoms. The van der Waals surface area contributed by atoms with Gasteiger partial charge in [0.25, 0.3) is 0 Å². The Labute approximate surface area is 175 Å². The van der Waals surface area contributed by atoms with Gasteiger partial charge in [-0.3, -0.25) is 14.9 Å². The van der Waals surface area contributed by atoms with E-state index in [1.165, 1.54) is 6.07 Å². The van der Waals surface area contributed by atoms with Crippen LogP contribution in [-0.2, 0) is 9.53 Å². The summed E-state index contributed by atoms with van der Waals surface area (Å²) in [7, 11) is 0. The maximum atomic E-state index is 12.4. The summed E-state index contributed by atoms with van der Waals surface area (Å²) < 4.78 is 11.7. The van der Waals surface area contributed by atoms with Crippen molar-refractivity contribution in [2.24, 2.45) is 11.3 Å². The Morgan fingerprint density at radius 2 is 2.21 bits per heavy atom. The number of carbonyl (C=O) groups is 1. The Morgan fingerprint density at radius 3 is 2.90 bits per heavy atom. The molecule has 2 aromatic rings. The standard InChI is InChI=1S/C22H27ClN2O4/c1-3-4-5-7-14(2)20(27)29-21-22(11-24-21)12-25(13-22)18-10-17(26)15-8-6-9-16(23)19(15)28-18/h6,8-10,14,21,24H,3-5,7,11-13H2,1-2H3. The SMILES string of the molecule is CCCCCC(C)C(=O)OC1NCC12CN(c1cc(=O)c3cccc(Cl)c3o1)C2. The van der Waals surface area contributed by atoms with Gasteiger partial charge in [0.2, 0.25) is 0 Å². The Kier molecular flexibility index (Phi) is 5.58.